The minimum atomic E-state index is 0.603. The van der Waals surface area contributed by atoms with Gasteiger partial charge in [0.1, 0.15) is 0 Å². The molecule has 4 heteroatoms. The van der Waals surface area contributed by atoms with E-state index in [1.54, 1.807) is 13.3 Å². The second kappa shape index (κ2) is 6.15. The molecule has 2 atom stereocenters. The number of nitrogens with zero attached hydrogens (tertiary/aromatic N) is 1. The van der Waals surface area contributed by atoms with Crippen molar-refractivity contribution in [1.29, 1.82) is 0 Å². The van der Waals surface area contributed by atoms with E-state index in [-0.39, 0.29) is 0 Å². The largest absolute Gasteiger partial charge is 0.481 e. The summed E-state index contributed by atoms with van der Waals surface area (Å²) in [7, 11) is 1.65. The van der Waals surface area contributed by atoms with Crippen LogP contribution in [0.2, 0.25) is 0 Å². The molecule has 2 unspecified atom stereocenters. The van der Waals surface area contributed by atoms with Gasteiger partial charge in [0.25, 0.3) is 0 Å². The molecule has 1 saturated carbocycles. The molecule has 1 aliphatic rings. The van der Waals surface area contributed by atoms with E-state index < -0.39 is 0 Å². The molecule has 1 aliphatic carbocycles. The quantitative estimate of drug-likeness (QED) is 0.872. The topological polar surface area (TPSA) is 34.2 Å². The number of pyridine rings is 1. The van der Waals surface area contributed by atoms with Crippen molar-refractivity contribution < 1.29 is 4.74 Å². The third kappa shape index (κ3) is 3.53. The van der Waals surface area contributed by atoms with Gasteiger partial charge in [0.2, 0.25) is 5.88 Å². The van der Waals surface area contributed by atoms with E-state index in [1.807, 2.05) is 12.1 Å². The van der Waals surface area contributed by atoms with Crippen LogP contribution in [-0.2, 0) is 0 Å². The van der Waals surface area contributed by atoms with Crippen molar-refractivity contribution in [3.8, 4) is 5.88 Å². The average molecular weight is 252 g/mol. The Morgan fingerprint density at radius 1 is 1.53 bits per heavy atom. The summed E-state index contributed by atoms with van der Waals surface area (Å²) in [6.07, 6.45) is 5.65. The highest BCUT2D eigenvalue weighted by molar-refractivity contribution is 7.99. The first-order chi connectivity index (χ1) is 8.31. The van der Waals surface area contributed by atoms with Gasteiger partial charge in [0.05, 0.1) is 7.11 Å². The maximum atomic E-state index is 5.12. The lowest BCUT2D eigenvalue weighted by atomic mass is 10.2. The van der Waals surface area contributed by atoms with Crippen molar-refractivity contribution in [3.63, 3.8) is 0 Å². The first kappa shape index (κ1) is 12.6. The summed E-state index contributed by atoms with van der Waals surface area (Å²) in [5.74, 6) is 1.90. The molecule has 1 aromatic heterocycles. The summed E-state index contributed by atoms with van der Waals surface area (Å²) in [6, 6.07) is 4.56. The van der Waals surface area contributed by atoms with E-state index >= 15 is 0 Å². The first-order valence-electron chi connectivity index (χ1n) is 6.20. The van der Waals surface area contributed by atoms with Crippen LogP contribution in [0.3, 0.4) is 0 Å². The highest BCUT2D eigenvalue weighted by atomic mass is 32.2. The minimum Gasteiger partial charge on any atom is -0.481 e. The maximum Gasteiger partial charge on any atom is 0.214 e. The number of aromatic nitrogens is 1. The summed E-state index contributed by atoms with van der Waals surface area (Å²) in [5.41, 5.74) is 1.11. The van der Waals surface area contributed by atoms with E-state index in [9.17, 15) is 0 Å². The van der Waals surface area contributed by atoms with Crippen molar-refractivity contribution >= 4 is 17.4 Å². The zero-order valence-electron chi connectivity index (χ0n) is 10.5. The van der Waals surface area contributed by atoms with Crippen LogP contribution in [0.25, 0.3) is 0 Å². The van der Waals surface area contributed by atoms with Crippen molar-refractivity contribution in [2.75, 3.05) is 18.2 Å². The smallest absolute Gasteiger partial charge is 0.214 e. The van der Waals surface area contributed by atoms with E-state index in [0.29, 0.717) is 11.9 Å². The zero-order valence-corrected chi connectivity index (χ0v) is 11.3. The van der Waals surface area contributed by atoms with Crippen LogP contribution in [0.15, 0.2) is 18.3 Å². The molecule has 94 valence electrons. The Morgan fingerprint density at radius 2 is 2.41 bits per heavy atom. The molecule has 0 radical (unpaired) electrons. The van der Waals surface area contributed by atoms with Gasteiger partial charge in [-0.3, -0.25) is 0 Å². The monoisotopic (exact) mass is 252 g/mol. The summed E-state index contributed by atoms with van der Waals surface area (Å²) in [4.78, 5) is 4.11. The van der Waals surface area contributed by atoms with Gasteiger partial charge in [-0.05, 0) is 31.1 Å². The predicted octanol–water partition coefficient (Wildman–Crippen LogP) is 3.18. The lowest BCUT2D eigenvalue weighted by molar-refractivity contribution is 0.398. The number of thioether (sulfide) groups is 1. The molecule has 1 heterocycles. The predicted molar refractivity (Wildman–Crippen MR) is 74.0 cm³/mol. The fourth-order valence-electron chi connectivity index (χ4n) is 2.30. The van der Waals surface area contributed by atoms with Crippen LogP contribution >= 0.6 is 11.8 Å². The molecule has 2 rings (SSSR count). The van der Waals surface area contributed by atoms with Gasteiger partial charge in [0.15, 0.2) is 0 Å². The Hall–Kier alpha value is -0.900. The standard InChI is InChI=1S/C13H20N2OS/c1-3-17-12-5-4-10(8-12)15-11-6-7-14-13(9-11)16-2/h6-7,9-10,12H,3-5,8H2,1-2H3,(H,14,15). The second-order valence-electron chi connectivity index (χ2n) is 4.32. The zero-order chi connectivity index (χ0) is 12.1. The van der Waals surface area contributed by atoms with E-state index in [4.69, 9.17) is 4.74 Å². The van der Waals surface area contributed by atoms with E-state index in [1.165, 1.54) is 25.0 Å². The molecule has 0 bridgehead atoms. The Balaban J connectivity index is 1.88. The minimum absolute atomic E-state index is 0.603. The van der Waals surface area contributed by atoms with Crippen LogP contribution < -0.4 is 10.1 Å². The highest BCUT2D eigenvalue weighted by Gasteiger charge is 2.24. The summed E-state index contributed by atoms with van der Waals surface area (Å²) in [6.45, 7) is 2.24. The Labute approximate surface area is 107 Å². The SMILES string of the molecule is CCSC1CCC(Nc2ccnc(OC)c2)C1. The van der Waals surface area contributed by atoms with E-state index in [0.717, 1.165) is 10.9 Å². The molecule has 1 N–H and O–H groups in total. The average Bonchev–Trinajstić information content (AvgIpc) is 2.77. The Kier molecular flexibility index (Phi) is 4.54. The normalized spacial score (nSPS) is 23.6. The summed E-state index contributed by atoms with van der Waals surface area (Å²) >= 11 is 2.08. The second-order valence-corrected chi connectivity index (χ2v) is 5.90. The number of methoxy groups -OCH3 is 1. The molecule has 0 aromatic carbocycles. The number of ether oxygens (including phenoxy) is 1. The van der Waals surface area contributed by atoms with Crippen molar-refractivity contribution in [2.24, 2.45) is 0 Å². The molecule has 0 amide bonds. The number of anilines is 1. The van der Waals surface area contributed by atoms with Crippen LogP contribution in [0.5, 0.6) is 5.88 Å². The Bertz CT molecular complexity index is 359. The van der Waals surface area contributed by atoms with Gasteiger partial charge < -0.3 is 10.1 Å². The number of nitrogens with one attached hydrogen (secondary N) is 1. The number of hydrogen-bond donors (Lipinski definition) is 1. The molecule has 0 spiro atoms. The highest BCUT2D eigenvalue weighted by Crippen LogP contribution is 2.31. The lowest BCUT2D eigenvalue weighted by Crippen LogP contribution is -2.16. The van der Waals surface area contributed by atoms with Gasteiger partial charge in [-0.25, -0.2) is 4.98 Å². The van der Waals surface area contributed by atoms with Crippen molar-refractivity contribution in [2.45, 2.75) is 37.5 Å². The Morgan fingerprint density at radius 3 is 3.18 bits per heavy atom. The van der Waals surface area contributed by atoms with Gasteiger partial charge in [-0.1, -0.05) is 6.92 Å². The van der Waals surface area contributed by atoms with Crippen LogP contribution in [0, 0.1) is 0 Å². The number of hydrogen-bond acceptors (Lipinski definition) is 4. The third-order valence-corrected chi connectivity index (χ3v) is 4.33. The number of rotatable bonds is 5. The molecular formula is C13H20N2OS. The van der Waals surface area contributed by atoms with E-state index in [2.05, 4.69) is 29.0 Å². The molecule has 1 fully saturated rings. The molecule has 3 nitrogen and oxygen atoms in total. The van der Waals surface area contributed by atoms with Crippen molar-refractivity contribution in [1.82, 2.24) is 4.98 Å². The van der Waals surface area contributed by atoms with Crippen molar-refractivity contribution in [3.05, 3.63) is 18.3 Å². The van der Waals surface area contributed by atoms with Gasteiger partial charge in [-0.2, -0.15) is 11.8 Å². The fourth-order valence-corrected chi connectivity index (χ4v) is 3.45. The molecule has 0 aliphatic heterocycles. The van der Waals surface area contributed by atoms with Gasteiger partial charge in [-0.15, -0.1) is 0 Å². The lowest BCUT2D eigenvalue weighted by Gasteiger charge is -2.14. The molecule has 17 heavy (non-hydrogen) atoms. The summed E-state index contributed by atoms with van der Waals surface area (Å²) < 4.78 is 5.12. The third-order valence-electron chi connectivity index (χ3n) is 3.10. The molecule has 1 aromatic rings. The van der Waals surface area contributed by atoms with Crippen LogP contribution in [0.1, 0.15) is 26.2 Å². The van der Waals surface area contributed by atoms with Crippen LogP contribution in [-0.4, -0.2) is 29.1 Å². The summed E-state index contributed by atoms with van der Waals surface area (Å²) in [5, 5.41) is 4.41. The van der Waals surface area contributed by atoms with Gasteiger partial charge in [0, 0.05) is 29.2 Å². The van der Waals surface area contributed by atoms with Gasteiger partial charge >= 0.3 is 0 Å². The fraction of sp³-hybridized carbons (Fsp3) is 0.615. The maximum absolute atomic E-state index is 5.12. The first-order valence-corrected chi connectivity index (χ1v) is 7.25. The molecule has 0 saturated heterocycles. The van der Waals surface area contributed by atoms with Crippen LogP contribution in [0.4, 0.5) is 5.69 Å². The molecular weight excluding hydrogens is 232 g/mol.